The Morgan fingerprint density at radius 2 is 1.85 bits per heavy atom. The summed E-state index contributed by atoms with van der Waals surface area (Å²) in [6.45, 7) is 11.1. The lowest BCUT2D eigenvalue weighted by Gasteiger charge is -2.16. The predicted molar refractivity (Wildman–Crippen MR) is 59.8 cm³/mol. The molecule has 2 nitrogen and oxygen atoms in total. The van der Waals surface area contributed by atoms with E-state index in [4.69, 9.17) is 5.73 Å². The van der Waals surface area contributed by atoms with Gasteiger partial charge in [0.25, 0.3) is 0 Å². The fourth-order valence-corrected chi connectivity index (χ4v) is 1.06. The molecule has 0 aromatic heterocycles. The molecular formula is C11H26N2. The van der Waals surface area contributed by atoms with Crippen LogP contribution in [0.1, 0.15) is 40.5 Å². The second kappa shape index (κ2) is 7.34. The first-order chi connectivity index (χ1) is 6.07. The van der Waals surface area contributed by atoms with Crippen molar-refractivity contribution in [2.24, 2.45) is 17.6 Å². The molecule has 0 fully saturated rings. The highest BCUT2D eigenvalue weighted by atomic mass is 14.9. The second-order valence-corrected chi connectivity index (χ2v) is 4.38. The molecule has 3 N–H and O–H groups in total. The number of nitrogens with one attached hydrogen (secondary N) is 1. The van der Waals surface area contributed by atoms with Gasteiger partial charge >= 0.3 is 0 Å². The molecular weight excluding hydrogens is 160 g/mol. The summed E-state index contributed by atoms with van der Waals surface area (Å²) in [6.07, 6.45) is 2.18. The first-order valence-electron chi connectivity index (χ1n) is 5.54. The summed E-state index contributed by atoms with van der Waals surface area (Å²) >= 11 is 0. The lowest BCUT2D eigenvalue weighted by Crippen LogP contribution is -2.29. The standard InChI is InChI=1S/C11H26N2/c1-5-11(12)6-7-13-8-10(4)9(2)3/h9-11,13H,5-8,12H2,1-4H3. The van der Waals surface area contributed by atoms with Crippen molar-refractivity contribution in [2.75, 3.05) is 13.1 Å². The van der Waals surface area contributed by atoms with Gasteiger partial charge in [-0.1, -0.05) is 27.7 Å². The van der Waals surface area contributed by atoms with Gasteiger partial charge in [-0.2, -0.15) is 0 Å². The molecule has 0 aromatic rings. The minimum Gasteiger partial charge on any atom is -0.328 e. The molecule has 80 valence electrons. The molecule has 0 aromatic carbocycles. The number of nitrogens with two attached hydrogens (primary N) is 1. The highest BCUT2D eigenvalue weighted by Gasteiger charge is 2.06. The van der Waals surface area contributed by atoms with Crippen LogP contribution in [-0.2, 0) is 0 Å². The Labute approximate surface area is 83.3 Å². The second-order valence-electron chi connectivity index (χ2n) is 4.38. The maximum absolute atomic E-state index is 5.81. The van der Waals surface area contributed by atoms with Crippen molar-refractivity contribution >= 4 is 0 Å². The van der Waals surface area contributed by atoms with Crippen molar-refractivity contribution in [1.29, 1.82) is 0 Å². The highest BCUT2D eigenvalue weighted by Crippen LogP contribution is 2.07. The Morgan fingerprint density at radius 3 is 2.31 bits per heavy atom. The average Bonchev–Trinajstić information content (AvgIpc) is 2.11. The largest absolute Gasteiger partial charge is 0.328 e. The first kappa shape index (κ1) is 12.9. The zero-order valence-corrected chi connectivity index (χ0v) is 9.64. The summed E-state index contributed by atoms with van der Waals surface area (Å²) in [6, 6.07) is 0.377. The van der Waals surface area contributed by atoms with Crippen molar-refractivity contribution in [3.63, 3.8) is 0 Å². The van der Waals surface area contributed by atoms with E-state index in [1.165, 1.54) is 0 Å². The van der Waals surface area contributed by atoms with Crippen molar-refractivity contribution in [2.45, 2.75) is 46.6 Å². The number of rotatable bonds is 7. The van der Waals surface area contributed by atoms with Crippen LogP contribution in [0.3, 0.4) is 0 Å². The minimum atomic E-state index is 0.377. The minimum absolute atomic E-state index is 0.377. The van der Waals surface area contributed by atoms with Gasteiger partial charge in [0.1, 0.15) is 0 Å². The smallest absolute Gasteiger partial charge is 0.00482 e. The van der Waals surface area contributed by atoms with Crippen molar-refractivity contribution in [3.05, 3.63) is 0 Å². The third-order valence-electron chi connectivity index (χ3n) is 2.82. The lowest BCUT2D eigenvalue weighted by molar-refractivity contribution is 0.388. The Morgan fingerprint density at radius 1 is 1.23 bits per heavy atom. The third kappa shape index (κ3) is 7.03. The van der Waals surface area contributed by atoms with E-state index in [0.717, 1.165) is 37.8 Å². The lowest BCUT2D eigenvalue weighted by atomic mass is 9.98. The fraction of sp³-hybridized carbons (Fsp3) is 1.00. The highest BCUT2D eigenvalue weighted by molar-refractivity contribution is 4.63. The number of hydrogen-bond acceptors (Lipinski definition) is 2. The van der Waals surface area contributed by atoms with Crippen molar-refractivity contribution in [3.8, 4) is 0 Å². The molecule has 0 spiro atoms. The molecule has 0 amide bonds. The molecule has 2 unspecified atom stereocenters. The Bertz CT molecular complexity index is 113. The molecule has 0 saturated carbocycles. The number of hydrogen-bond donors (Lipinski definition) is 2. The molecule has 0 radical (unpaired) electrons. The summed E-state index contributed by atoms with van der Waals surface area (Å²) < 4.78 is 0. The van der Waals surface area contributed by atoms with Crippen molar-refractivity contribution in [1.82, 2.24) is 5.32 Å². The maximum Gasteiger partial charge on any atom is 0.00482 e. The normalized spacial score (nSPS) is 16.2. The molecule has 0 aliphatic rings. The third-order valence-corrected chi connectivity index (χ3v) is 2.82. The van der Waals surface area contributed by atoms with E-state index in [-0.39, 0.29) is 0 Å². The van der Waals surface area contributed by atoms with Crippen LogP contribution >= 0.6 is 0 Å². The van der Waals surface area contributed by atoms with Crippen LogP contribution in [0.4, 0.5) is 0 Å². The fourth-order valence-electron chi connectivity index (χ4n) is 1.06. The van der Waals surface area contributed by atoms with Crippen LogP contribution in [0, 0.1) is 11.8 Å². The molecule has 2 atom stereocenters. The molecule has 0 aliphatic carbocycles. The summed E-state index contributed by atoms with van der Waals surface area (Å²) in [5, 5.41) is 3.45. The van der Waals surface area contributed by atoms with Crippen LogP contribution in [0.2, 0.25) is 0 Å². The van der Waals surface area contributed by atoms with Gasteiger partial charge in [0.05, 0.1) is 0 Å². The summed E-state index contributed by atoms with van der Waals surface area (Å²) in [5.41, 5.74) is 5.81. The van der Waals surface area contributed by atoms with Crippen LogP contribution in [0.15, 0.2) is 0 Å². The van der Waals surface area contributed by atoms with Gasteiger partial charge in [0.2, 0.25) is 0 Å². The SMILES string of the molecule is CCC(N)CCNCC(C)C(C)C. The zero-order valence-electron chi connectivity index (χ0n) is 9.64. The Hall–Kier alpha value is -0.0800. The first-order valence-corrected chi connectivity index (χ1v) is 5.54. The maximum atomic E-state index is 5.81. The van der Waals surface area contributed by atoms with Crippen LogP contribution < -0.4 is 11.1 Å². The van der Waals surface area contributed by atoms with Crippen LogP contribution in [0.5, 0.6) is 0 Å². The quantitative estimate of drug-likeness (QED) is 0.597. The van der Waals surface area contributed by atoms with Gasteiger partial charge in [-0.25, -0.2) is 0 Å². The van der Waals surface area contributed by atoms with E-state index in [2.05, 4.69) is 33.0 Å². The van der Waals surface area contributed by atoms with Gasteiger partial charge in [0.15, 0.2) is 0 Å². The Balaban J connectivity index is 3.25. The van der Waals surface area contributed by atoms with Gasteiger partial charge in [0, 0.05) is 6.04 Å². The molecule has 2 heteroatoms. The van der Waals surface area contributed by atoms with E-state index < -0.39 is 0 Å². The Kier molecular flexibility index (Phi) is 7.29. The van der Waals surface area contributed by atoms with Crippen molar-refractivity contribution < 1.29 is 0 Å². The van der Waals surface area contributed by atoms with E-state index >= 15 is 0 Å². The van der Waals surface area contributed by atoms with E-state index in [0.29, 0.717) is 6.04 Å². The summed E-state index contributed by atoms with van der Waals surface area (Å²) in [7, 11) is 0. The summed E-state index contributed by atoms with van der Waals surface area (Å²) in [4.78, 5) is 0. The molecule has 0 heterocycles. The molecule has 0 saturated heterocycles. The average molecular weight is 186 g/mol. The van der Waals surface area contributed by atoms with Gasteiger partial charge in [-0.3, -0.25) is 0 Å². The van der Waals surface area contributed by atoms with E-state index in [9.17, 15) is 0 Å². The monoisotopic (exact) mass is 186 g/mol. The molecule has 0 bridgehead atoms. The molecule has 0 rings (SSSR count). The van der Waals surface area contributed by atoms with Gasteiger partial charge in [-0.15, -0.1) is 0 Å². The van der Waals surface area contributed by atoms with Gasteiger partial charge < -0.3 is 11.1 Å². The zero-order chi connectivity index (χ0) is 10.3. The molecule has 13 heavy (non-hydrogen) atoms. The topological polar surface area (TPSA) is 38.0 Å². The predicted octanol–water partition coefficient (Wildman–Crippen LogP) is 2.00. The molecule has 0 aliphatic heterocycles. The van der Waals surface area contributed by atoms with Crippen LogP contribution in [-0.4, -0.2) is 19.1 Å². The van der Waals surface area contributed by atoms with Gasteiger partial charge in [-0.05, 0) is 37.8 Å². The summed E-state index contributed by atoms with van der Waals surface area (Å²) in [5.74, 6) is 1.53. The van der Waals surface area contributed by atoms with E-state index in [1.807, 2.05) is 0 Å². The van der Waals surface area contributed by atoms with E-state index in [1.54, 1.807) is 0 Å². The van der Waals surface area contributed by atoms with Crippen LogP contribution in [0.25, 0.3) is 0 Å².